The van der Waals surface area contributed by atoms with Gasteiger partial charge in [-0.3, -0.25) is 14.7 Å². The van der Waals surface area contributed by atoms with Crippen molar-refractivity contribution in [2.45, 2.75) is 31.8 Å². The van der Waals surface area contributed by atoms with E-state index >= 15 is 0 Å². The Morgan fingerprint density at radius 3 is 2.89 bits per heavy atom. The fourth-order valence-corrected chi connectivity index (χ4v) is 4.53. The van der Waals surface area contributed by atoms with Gasteiger partial charge in [0.15, 0.2) is 0 Å². The largest absolute Gasteiger partial charge is 0.338 e. The van der Waals surface area contributed by atoms with E-state index in [-0.39, 0.29) is 24.2 Å². The van der Waals surface area contributed by atoms with Gasteiger partial charge in [-0.25, -0.2) is 4.39 Å². The van der Waals surface area contributed by atoms with E-state index in [4.69, 9.17) is 11.6 Å². The number of hydrogen-bond acceptors (Lipinski definition) is 3. The molecule has 0 unspecified atom stereocenters. The summed E-state index contributed by atoms with van der Waals surface area (Å²) in [5.41, 5.74) is 1.89. The third-order valence-electron chi connectivity index (χ3n) is 5.60. The number of aromatic nitrogens is 1. The second-order valence-corrected chi connectivity index (χ2v) is 8.02. The summed E-state index contributed by atoms with van der Waals surface area (Å²) in [6, 6.07) is 8.53. The number of fused-ring (bicyclic) bond motifs is 4. The standard InChI is InChI=1S/C21H23ClFN3O/c22-20-9-18(23)5-4-17(20)8-21(27)26-13-16-3-6-19(26)14-25(12-16)11-15-2-1-7-24-10-15/h1-2,4-5,7,9-10,16,19H,3,6,8,11-14H2/t16-,19+/m0/s1. The van der Waals surface area contributed by atoms with Gasteiger partial charge in [-0.15, -0.1) is 0 Å². The van der Waals surface area contributed by atoms with Crippen LogP contribution in [0.5, 0.6) is 0 Å². The Morgan fingerprint density at radius 2 is 2.11 bits per heavy atom. The molecule has 0 aliphatic carbocycles. The van der Waals surface area contributed by atoms with Crippen molar-refractivity contribution < 1.29 is 9.18 Å². The highest BCUT2D eigenvalue weighted by Crippen LogP contribution is 2.30. The summed E-state index contributed by atoms with van der Waals surface area (Å²) in [6.07, 6.45) is 6.13. The van der Waals surface area contributed by atoms with E-state index in [1.165, 1.54) is 17.7 Å². The molecule has 6 heteroatoms. The van der Waals surface area contributed by atoms with Crippen LogP contribution in [0.2, 0.25) is 5.02 Å². The molecule has 3 fully saturated rings. The van der Waals surface area contributed by atoms with Crippen LogP contribution in [0.3, 0.4) is 0 Å². The average molecular weight is 388 g/mol. The summed E-state index contributed by atoms with van der Waals surface area (Å²) in [5, 5.41) is 0.321. The van der Waals surface area contributed by atoms with E-state index in [1.54, 1.807) is 12.3 Å². The zero-order chi connectivity index (χ0) is 18.8. The van der Waals surface area contributed by atoms with Crippen LogP contribution in [0.4, 0.5) is 4.39 Å². The van der Waals surface area contributed by atoms with Gasteiger partial charge >= 0.3 is 0 Å². The summed E-state index contributed by atoms with van der Waals surface area (Å²) in [4.78, 5) is 21.6. The van der Waals surface area contributed by atoms with Gasteiger partial charge in [-0.1, -0.05) is 23.7 Å². The first-order chi connectivity index (χ1) is 13.1. The zero-order valence-corrected chi connectivity index (χ0v) is 15.9. The minimum absolute atomic E-state index is 0.0847. The summed E-state index contributed by atoms with van der Waals surface area (Å²) in [6.45, 7) is 3.55. The molecule has 0 N–H and O–H groups in total. The fraction of sp³-hybridized carbons (Fsp3) is 0.429. The monoisotopic (exact) mass is 387 g/mol. The van der Waals surface area contributed by atoms with E-state index in [0.717, 1.165) is 39.0 Å². The van der Waals surface area contributed by atoms with Gasteiger partial charge in [0.05, 0.1) is 6.42 Å². The second kappa shape index (κ2) is 7.95. The molecule has 3 aliphatic heterocycles. The van der Waals surface area contributed by atoms with Gasteiger partial charge in [0.25, 0.3) is 0 Å². The number of carbonyl (C=O) groups excluding carboxylic acids is 1. The quantitative estimate of drug-likeness (QED) is 0.805. The third-order valence-corrected chi connectivity index (χ3v) is 5.95. The van der Waals surface area contributed by atoms with Crippen LogP contribution in [0.25, 0.3) is 0 Å². The van der Waals surface area contributed by atoms with Crippen LogP contribution >= 0.6 is 11.6 Å². The lowest BCUT2D eigenvalue weighted by Crippen LogP contribution is -2.48. The molecule has 1 amide bonds. The van der Waals surface area contributed by atoms with Crippen LogP contribution in [0.1, 0.15) is 24.0 Å². The molecule has 4 heterocycles. The van der Waals surface area contributed by atoms with Crippen LogP contribution in [0, 0.1) is 11.7 Å². The number of piperidine rings is 1. The highest BCUT2D eigenvalue weighted by molar-refractivity contribution is 6.31. The number of benzene rings is 1. The minimum atomic E-state index is -0.379. The van der Waals surface area contributed by atoms with Crippen molar-refractivity contribution >= 4 is 17.5 Å². The predicted molar refractivity (Wildman–Crippen MR) is 103 cm³/mol. The SMILES string of the molecule is O=C(Cc1ccc(F)cc1Cl)N1C[C@H]2CC[C@@H]1CN(Cc1cccnc1)C2. The highest BCUT2D eigenvalue weighted by Gasteiger charge is 2.37. The van der Waals surface area contributed by atoms with Crippen molar-refractivity contribution in [2.75, 3.05) is 19.6 Å². The van der Waals surface area contributed by atoms with Gasteiger partial charge in [0, 0.05) is 49.6 Å². The molecule has 3 saturated heterocycles. The number of amides is 1. The Labute approximate surface area is 163 Å². The number of carbonyl (C=O) groups is 1. The van der Waals surface area contributed by atoms with Crippen LogP contribution in [-0.4, -0.2) is 46.4 Å². The molecule has 27 heavy (non-hydrogen) atoms. The predicted octanol–water partition coefficient (Wildman–Crippen LogP) is 3.54. The Balaban J connectivity index is 1.44. The van der Waals surface area contributed by atoms with Crippen molar-refractivity contribution in [3.05, 3.63) is 64.7 Å². The third kappa shape index (κ3) is 4.30. The van der Waals surface area contributed by atoms with Crippen molar-refractivity contribution in [2.24, 2.45) is 5.92 Å². The Kier molecular flexibility index (Phi) is 5.41. The number of hydrogen-bond donors (Lipinski definition) is 0. The first-order valence-corrected chi connectivity index (χ1v) is 9.81. The maximum Gasteiger partial charge on any atom is 0.227 e. The van der Waals surface area contributed by atoms with Gasteiger partial charge in [0.2, 0.25) is 5.91 Å². The zero-order valence-electron chi connectivity index (χ0n) is 15.2. The molecule has 1 aromatic heterocycles. The normalized spacial score (nSPS) is 22.7. The summed E-state index contributed by atoms with van der Waals surface area (Å²) in [5.74, 6) is 0.200. The van der Waals surface area contributed by atoms with Crippen molar-refractivity contribution in [3.8, 4) is 0 Å². The maximum atomic E-state index is 13.2. The van der Waals surface area contributed by atoms with Crippen molar-refractivity contribution in [3.63, 3.8) is 0 Å². The molecule has 0 spiro atoms. The van der Waals surface area contributed by atoms with E-state index < -0.39 is 0 Å². The molecule has 2 aromatic rings. The molecular formula is C21H23ClFN3O. The van der Waals surface area contributed by atoms with Crippen LogP contribution < -0.4 is 0 Å². The minimum Gasteiger partial charge on any atom is -0.338 e. The lowest BCUT2D eigenvalue weighted by molar-refractivity contribution is -0.134. The summed E-state index contributed by atoms with van der Waals surface area (Å²) >= 11 is 6.11. The van der Waals surface area contributed by atoms with E-state index in [9.17, 15) is 9.18 Å². The Bertz CT molecular complexity index is 816. The highest BCUT2D eigenvalue weighted by atomic mass is 35.5. The molecule has 5 rings (SSSR count). The van der Waals surface area contributed by atoms with E-state index in [1.807, 2.05) is 17.2 Å². The lowest BCUT2D eigenvalue weighted by atomic mass is 9.94. The number of pyridine rings is 1. The molecular weight excluding hydrogens is 365 g/mol. The lowest BCUT2D eigenvalue weighted by Gasteiger charge is -2.36. The molecule has 2 atom stereocenters. The van der Waals surface area contributed by atoms with Gasteiger partial charge in [-0.05, 0) is 48.1 Å². The number of rotatable bonds is 4. The number of halogens is 2. The van der Waals surface area contributed by atoms with E-state index in [0.29, 0.717) is 16.5 Å². The molecule has 142 valence electrons. The fourth-order valence-electron chi connectivity index (χ4n) is 4.29. The molecule has 3 aliphatic rings. The molecule has 0 saturated carbocycles. The molecule has 2 bridgehead atoms. The molecule has 4 nitrogen and oxygen atoms in total. The average Bonchev–Trinajstić information content (AvgIpc) is 2.95. The van der Waals surface area contributed by atoms with Crippen LogP contribution in [0.15, 0.2) is 42.7 Å². The van der Waals surface area contributed by atoms with E-state index in [2.05, 4.69) is 16.0 Å². The number of nitrogens with zero attached hydrogens (tertiary/aromatic N) is 3. The topological polar surface area (TPSA) is 36.4 Å². The van der Waals surface area contributed by atoms with Crippen molar-refractivity contribution in [1.29, 1.82) is 0 Å². The first-order valence-electron chi connectivity index (χ1n) is 9.43. The maximum absolute atomic E-state index is 13.2. The smallest absolute Gasteiger partial charge is 0.227 e. The summed E-state index contributed by atoms with van der Waals surface area (Å²) in [7, 11) is 0. The van der Waals surface area contributed by atoms with Gasteiger partial charge < -0.3 is 4.90 Å². The van der Waals surface area contributed by atoms with Crippen molar-refractivity contribution in [1.82, 2.24) is 14.8 Å². The van der Waals surface area contributed by atoms with Gasteiger partial charge in [0.1, 0.15) is 5.82 Å². The Hall–Kier alpha value is -1.98. The Morgan fingerprint density at radius 1 is 1.22 bits per heavy atom. The summed E-state index contributed by atoms with van der Waals surface area (Å²) < 4.78 is 13.2. The molecule has 1 aromatic carbocycles. The molecule has 0 radical (unpaired) electrons. The first kappa shape index (κ1) is 18.4. The van der Waals surface area contributed by atoms with Gasteiger partial charge in [-0.2, -0.15) is 0 Å². The van der Waals surface area contributed by atoms with Crippen LogP contribution in [-0.2, 0) is 17.8 Å². The second-order valence-electron chi connectivity index (χ2n) is 7.61.